The molecule has 0 atom stereocenters. The zero-order valence-electron chi connectivity index (χ0n) is 15.2. The summed E-state index contributed by atoms with van der Waals surface area (Å²) in [4.78, 5) is 30.6. The van der Waals surface area contributed by atoms with E-state index in [-0.39, 0.29) is 5.56 Å². The molecule has 1 aromatic carbocycles. The molecule has 6 heteroatoms. The first-order valence-electron chi connectivity index (χ1n) is 8.67. The highest BCUT2D eigenvalue weighted by molar-refractivity contribution is 7.20. The third-order valence-electron chi connectivity index (χ3n) is 4.13. The quantitative estimate of drug-likeness (QED) is 0.619. The van der Waals surface area contributed by atoms with Crippen molar-refractivity contribution in [3.05, 3.63) is 63.0 Å². The molecule has 0 saturated heterocycles. The summed E-state index contributed by atoms with van der Waals surface area (Å²) in [5.41, 5.74) is 1.68. The van der Waals surface area contributed by atoms with Crippen LogP contribution in [0.4, 0.5) is 0 Å². The Hall–Kier alpha value is -2.47. The predicted octanol–water partition coefficient (Wildman–Crippen LogP) is 3.82. The molecule has 3 rings (SSSR count). The van der Waals surface area contributed by atoms with Crippen LogP contribution in [0.2, 0.25) is 0 Å². The van der Waals surface area contributed by atoms with Crippen LogP contribution in [0.25, 0.3) is 10.2 Å². The van der Waals surface area contributed by atoms with E-state index in [2.05, 4.69) is 4.98 Å². The van der Waals surface area contributed by atoms with Gasteiger partial charge in [0.05, 0.1) is 18.3 Å². The SMILES string of the molecule is Cc1c(C(=O)OCCc2ccccc2)sc2ncn(CC(C)C)c(=O)c12. The van der Waals surface area contributed by atoms with E-state index < -0.39 is 5.97 Å². The van der Waals surface area contributed by atoms with Crippen LogP contribution >= 0.6 is 11.3 Å². The van der Waals surface area contributed by atoms with Crippen molar-refractivity contribution in [2.75, 3.05) is 6.61 Å². The molecule has 0 unspecified atom stereocenters. The van der Waals surface area contributed by atoms with Gasteiger partial charge in [-0.3, -0.25) is 9.36 Å². The Morgan fingerprint density at radius 1 is 1.27 bits per heavy atom. The first-order valence-corrected chi connectivity index (χ1v) is 9.48. The number of aromatic nitrogens is 2. The van der Waals surface area contributed by atoms with Crippen LogP contribution in [-0.4, -0.2) is 22.1 Å². The van der Waals surface area contributed by atoms with E-state index in [1.165, 1.54) is 11.3 Å². The number of hydrogen-bond acceptors (Lipinski definition) is 5. The Morgan fingerprint density at radius 3 is 2.69 bits per heavy atom. The van der Waals surface area contributed by atoms with E-state index in [1.807, 2.05) is 44.2 Å². The van der Waals surface area contributed by atoms with Gasteiger partial charge in [-0.2, -0.15) is 0 Å². The molecular formula is C20H22N2O3S. The summed E-state index contributed by atoms with van der Waals surface area (Å²) in [6.45, 7) is 6.80. The molecule has 136 valence electrons. The smallest absolute Gasteiger partial charge is 0.348 e. The predicted molar refractivity (Wildman–Crippen MR) is 104 cm³/mol. The summed E-state index contributed by atoms with van der Waals surface area (Å²) < 4.78 is 7.02. The maximum Gasteiger partial charge on any atom is 0.348 e. The second-order valence-corrected chi connectivity index (χ2v) is 7.70. The maximum atomic E-state index is 12.7. The monoisotopic (exact) mass is 370 g/mol. The van der Waals surface area contributed by atoms with Crippen LogP contribution in [0, 0.1) is 12.8 Å². The zero-order chi connectivity index (χ0) is 18.7. The lowest BCUT2D eigenvalue weighted by Crippen LogP contribution is -2.22. The van der Waals surface area contributed by atoms with Gasteiger partial charge in [0.25, 0.3) is 5.56 Å². The fraction of sp³-hybridized carbons (Fsp3) is 0.350. The fourth-order valence-corrected chi connectivity index (χ4v) is 3.88. The molecule has 5 nitrogen and oxygen atoms in total. The lowest BCUT2D eigenvalue weighted by atomic mass is 10.2. The number of nitrogens with zero attached hydrogens (tertiary/aromatic N) is 2. The van der Waals surface area contributed by atoms with E-state index in [1.54, 1.807) is 17.8 Å². The topological polar surface area (TPSA) is 61.2 Å². The van der Waals surface area contributed by atoms with E-state index in [0.29, 0.717) is 46.1 Å². The molecule has 0 N–H and O–H groups in total. The minimum Gasteiger partial charge on any atom is -0.461 e. The van der Waals surface area contributed by atoms with Gasteiger partial charge in [-0.1, -0.05) is 44.2 Å². The van der Waals surface area contributed by atoms with E-state index in [4.69, 9.17) is 4.74 Å². The Kier molecular flexibility index (Phi) is 5.52. The van der Waals surface area contributed by atoms with Gasteiger partial charge in [-0.05, 0) is 24.0 Å². The lowest BCUT2D eigenvalue weighted by Gasteiger charge is -2.07. The normalized spacial score (nSPS) is 11.2. The maximum absolute atomic E-state index is 12.7. The van der Waals surface area contributed by atoms with Crippen molar-refractivity contribution >= 4 is 27.5 Å². The molecule has 0 aliphatic heterocycles. The summed E-state index contributed by atoms with van der Waals surface area (Å²) in [6.07, 6.45) is 2.22. The summed E-state index contributed by atoms with van der Waals surface area (Å²) in [5, 5.41) is 0.521. The van der Waals surface area contributed by atoms with Crippen molar-refractivity contribution in [1.82, 2.24) is 9.55 Å². The highest BCUT2D eigenvalue weighted by atomic mass is 32.1. The molecule has 0 aliphatic carbocycles. The van der Waals surface area contributed by atoms with Crippen LogP contribution in [0.15, 0.2) is 41.5 Å². The molecule has 0 amide bonds. The van der Waals surface area contributed by atoms with Crippen LogP contribution < -0.4 is 5.56 Å². The molecular weight excluding hydrogens is 348 g/mol. The van der Waals surface area contributed by atoms with Crippen molar-refractivity contribution < 1.29 is 9.53 Å². The van der Waals surface area contributed by atoms with Gasteiger partial charge < -0.3 is 4.74 Å². The highest BCUT2D eigenvalue weighted by Crippen LogP contribution is 2.27. The van der Waals surface area contributed by atoms with Gasteiger partial charge in [0.1, 0.15) is 9.71 Å². The molecule has 3 aromatic rings. The van der Waals surface area contributed by atoms with Crippen molar-refractivity contribution in [2.24, 2.45) is 5.92 Å². The van der Waals surface area contributed by atoms with Gasteiger partial charge in [0.2, 0.25) is 0 Å². The van der Waals surface area contributed by atoms with E-state index in [0.717, 1.165) is 5.56 Å². The second kappa shape index (κ2) is 7.83. The van der Waals surface area contributed by atoms with Gasteiger partial charge in [0, 0.05) is 13.0 Å². The minimum absolute atomic E-state index is 0.0965. The number of rotatable bonds is 6. The Morgan fingerprint density at radius 2 is 2.00 bits per heavy atom. The second-order valence-electron chi connectivity index (χ2n) is 6.70. The van der Waals surface area contributed by atoms with Crippen LogP contribution in [-0.2, 0) is 17.7 Å². The molecule has 0 saturated carbocycles. The third-order valence-corrected chi connectivity index (χ3v) is 5.31. The Balaban J connectivity index is 1.79. The summed E-state index contributed by atoms with van der Waals surface area (Å²) in [6, 6.07) is 9.87. The number of aryl methyl sites for hydroxylation is 1. The Bertz CT molecular complexity index is 974. The van der Waals surface area contributed by atoms with Crippen LogP contribution in [0.3, 0.4) is 0 Å². The van der Waals surface area contributed by atoms with Crippen molar-refractivity contribution in [3.63, 3.8) is 0 Å². The summed E-state index contributed by atoms with van der Waals surface area (Å²) in [7, 11) is 0. The van der Waals surface area contributed by atoms with Crippen molar-refractivity contribution in [3.8, 4) is 0 Å². The minimum atomic E-state index is -0.392. The number of esters is 1. The molecule has 0 fully saturated rings. The largest absolute Gasteiger partial charge is 0.461 e. The number of benzene rings is 1. The standard InChI is InChI=1S/C20H22N2O3S/c1-13(2)11-22-12-21-18-16(19(22)23)14(3)17(26-18)20(24)25-10-9-15-7-5-4-6-8-15/h4-8,12-13H,9-11H2,1-3H3. The van der Waals surface area contributed by atoms with Crippen molar-refractivity contribution in [1.29, 1.82) is 0 Å². The molecule has 26 heavy (non-hydrogen) atoms. The van der Waals surface area contributed by atoms with Gasteiger partial charge in [0.15, 0.2) is 0 Å². The molecule has 0 spiro atoms. The number of ether oxygens (including phenoxy) is 1. The number of fused-ring (bicyclic) bond motifs is 1. The van der Waals surface area contributed by atoms with E-state index in [9.17, 15) is 9.59 Å². The van der Waals surface area contributed by atoms with Gasteiger partial charge in [-0.25, -0.2) is 9.78 Å². The van der Waals surface area contributed by atoms with E-state index >= 15 is 0 Å². The zero-order valence-corrected chi connectivity index (χ0v) is 16.0. The lowest BCUT2D eigenvalue weighted by molar-refractivity contribution is 0.0514. The van der Waals surface area contributed by atoms with Crippen molar-refractivity contribution in [2.45, 2.75) is 33.7 Å². The van der Waals surface area contributed by atoms with Crippen LogP contribution in [0.1, 0.15) is 34.6 Å². The molecule has 2 aromatic heterocycles. The van der Waals surface area contributed by atoms with Gasteiger partial charge >= 0.3 is 5.97 Å². The molecule has 0 radical (unpaired) electrons. The first kappa shape index (κ1) is 18.3. The molecule has 0 bridgehead atoms. The number of carbonyl (C=O) groups is 1. The average molecular weight is 370 g/mol. The number of hydrogen-bond donors (Lipinski definition) is 0. The fourth-order valence-electron chi connectivity index (χ4n) is 2.85. The average Bonchev–Trinajstić information content (AvgIpc) is 2.95. The number of carbonyl (C=O) groups excluding carboxylic acids is 1. The Labute approximate surface area is 156 Å². The highest BCUT2D eigenvalue weighted by Gasteiger charge is 2.20. The first-order chi connectivity index (χ1) is 12.5. The van der Waals surface area contributed by atoms with Crippen LogP contribution in [0.5, 0.6) is 0 Å². The molecule has 0 aliphatic rings. The van der Waals surface area contributed by atoms with Gasteiger partial charge in [-0.15, -0.1) is 11.3 Å². The summed E-state index contributed by atoms with van der Waals surface area (Å²) in [5.74, 6) is -0.0513. The third kappa shape index (κ3) is 3.85. The molecule has 2 heterocycles. The summed E-state index contributed by atoms with van der Waals surface area (Å²) >= 11 is 1.22. The number of thiophene rings is 1.